The van der Waals surface area contributed by atoms with Crippen LogP contribution in [0.15, 0.2) is 24.3 Å². The minimum Gasteiger partial charge on any atom is -0.264 e. The molecular weight excluding hydrogens is 225 g/mol. The summed E-state index contributed by atoms with van der Waals surface area (Å²) in [5, 5.41) is 10.7. The normalized spacial score (nSPS) is 9.21. The van der Waals surface area contributed by atoms with Gasteiger partial charge in [-0.3, -0.25) is 10.1 Å². The van der Waals surface area contributed by atoms with Crippen LogP contribution in [0.1, 0.15) is 13.8 Å². The second kappa shape index (κ2) is 6.62. The molecule has 0 spiro atoms. The number of nitro groups is 1. The van der Waals surface area contributed by atoms with Gasteiger partial charge in [0.15, 0.2) is 0 Å². The van der Waals surface area contributed by atoms with E-state index in [0.29, 0.717) is 10.0 Å². The van der Waals surface area contributed by atoms with E-state index in [4.69, 9.17) is 23.2 Å². The lowest BCUT2D eigenvalue weighted by molar-refractivity contribution is -0.513. The standard InChI is InChI=1S/C6H4Cl2.C3H7NO2/c7-5-3-1-2-4-6(5)8;1-3(2)4(5)6/h1-4H;3H,1-2H3. The third-order valence-electron chi connectivity index (χ3n) is 1.25. The Morgan fingerprint density at radius 2 is 1.50 bits per heavy atom. The Kier molecular flexibility index (Phi) is 6.25. The first-order chi connectivity index (χ1) is 6.45. The monoisotopic (exact) mass is 235 g/mol. The lowest BCUT2D eigenvalue weighted by Crippen LogP contribution is -2.08. The van der Waals surface area contributed by atoms with E-state index in [2.05, 4.69) is 0 Å². The van der Waals surface area contributed by atoms with Crippen LogP contribution >= 0.6 is 23.2 Å². The number of nitrogens with zero attached hydrogens (tertiary/aromatic N) is 1. The molecule has 0 N–H and O–H groups in total. The molecule has 3 nitrogen and oxygen atoms in total. The summed E-state index contributed by atoms with van der Waals surface area (Å²) in [6, 6.07) is 6.76. The number of halogens is 2. The van der Waals surface area contributed by atoms with Crippen molar-refractivity contribution in [3.05, 3.63) is 44.4 Å². The highest BCUT2D eigenvalue weighted by atomic mass is 35.5. The second-order valence-electron chi connectivity index (χ2n) is 2.79. The van der Waals surface area contributed by atoms with Gasteiger partial charge in [-0.2, -0.15) is 0 Å². The van der Waals surface area contributed by atoms with E-state index >= 15 is 0 Å². The molecule has 5 heteroatoms. The molecule has 0 unspecified atom stereocenters. The molecule has 0 aliphatic carbocycles. The van der Waals surface area contributed by atoms with Gasteiger partial charge in [0.1, 0.15) is 0 Å². The van der Waals surface area contributed by atoms with Crippen molar-refractivity contribution in [2.24, 2.45) is 0 Å². The summed E-state index contributed by atoms with van der Waals surface area (Å²) in [7, 11) is 0. The topological polar surface area (TPSA) is 43.1 Å². The molecule has 0 saturated carbocycles. The number of hydrogen-bond acceptors (Lipinski definition) is 2. The van der Waals surface area contributed by atoms with Gasteiger partial charge in [0.2, 0.25) is 6.04 Å². The van der Waals surface area contributed by atoms with Crippen molar-refractivity contribution in [2.45, 2.75) is 19.9 Å². The van der Waals surface area contributed by atoms with Gasteiger partial charge >= 0.3 is 0 Å². The van der Waals surface area contributed by atoms with Crippen LogP contribution in [-0.2, 0) is 0 Å². The Hall–Kier alpha value is -0.800. The Morgan fingerprint density at radius 1 is 1.21 bits per heavy atom. The minimum atomic E-state index is -0.426. The Balaban J connectivity index is 0.000000255. The molecule has 14 heavy (non-hydrogen) atoms. The van der Waals surface area contributed by atoms with Crippen molar-refractivity contribution in [1.82, 2.24) is 0 Å². The molecule has 0 aliphatic rings. The Labute approximate surface area is 92.8 Å². The van der Waals surface area contributed by atoms with Crippen molar-refractivity contribution < 1.29 is 4.92 Å². The van der Waals surface area contributed by atoms with Crippen LogP contribution in [0.2, 0.25) is 10.0 Å². The molecular formula is C9H11Cl2NO2. The quantitative estimate of drug-likeness (QED) is 0.551. The smallest absolute Gasteiger partial charge is 0.207 e. The number of benzene rings is 1. The van der Waals surface area contributed by atoms with Gasteiger partial charge in [0.25, 0.3) is 0 Å². The SMILES string of the molecule is CC(C)[N+](=O)[O-].Clc1ccccc1Cl. The van der Waals surface area contributed by atoms with E-state index in [1.54, 1.807) is 26.0 Å². The molecule has 0 aromatic heterocycles. The van der Waals surface area contributed by atoms with Crippen LogP contribution in [0.5, 0.6) is 0 Å². The molecule has 0 aliphatic heterocycles. The fourth-order valence-corrected chi connectivity index (χ4v) is 0.711. The lowest BCUT2D eigenvalue weighted by atomic mass is 10.4. The van der Waals surface area contributed by atoms with Crippen LogP contribution in [0.25, 0.3) is 0 Å². The minimum absolute atomic E-state index is 0.333. The fraction of sp³-hybridized carbons (Fsp3) is 0.333. The summed E-state index contributed by atoms with van der Waals surface area (Å²) >= 11 is 11.2. The predicted octanol–water partition coefficient (Wildman–Crippen LogP) is 3.66. The molecule has 0 amide bonds. The maximum Gasteiger partial charge on any atom is 0.207 e. The summed E-state index contributed by atoms with van der Waals surface area (Å²) in [5.41, 5.74) is 0. The van der Waals surface area contributed by atoms with Crippen LogP contribution in [0.3, 0.4) is 0 Å². The zero-order valence-corrected chi connectivity index (χ0v) is 9.42. The van der Waals surface area contributed by atoms with Gasteiger partial charge in [-0.05, 0) is 12.1 Å². The number of rotatable bonds is 1. The number of hydrogen-bond donors (Lipinski definition) is 0. The summed E-state index contributed by atoms with van der Waals surface area (Å²) < 4.78 is 0. The highest BCUT2D eigenvalue weighted by molar-refractivity contribution is 6.41. The molecule has 0 heterocycles. The van der Waals surface area contributed by atoms with Crippen molar-refractivity contribution in [2.75, 3.05) is 0 Å². The van der Waals surface area contributed by atoms with Crippen LogP contribution < -0.4 is 0 Å². The predicted molar refractivity (Wildman–Crippen MR) is 58.6 cm³/mol. The molecule has 1 aromatic rings. The molecule has 1 aromatic carbocycles. The van der Waals surface area contributed by atoms with Crippen molar-refractivity contribution in [3.63, 3.8) is 0 Å². The van der Waals surface area contributed by atoms with E-state index in [9.17, 15) is 10.1 Å². The van der Waals surface area contributed by atoms with E-state index in [0.717, 1.165) is 0 Å². The van der Waals surface area contributed by atoms with Crippen molar-refractivity contribution >= 4 is 23.2 Å². The fourth-order valence-electron chi connectivity index (χ4n) is 0.439. The first kappa shape index (κ1) is 13.2. The average molecular weight is 236 g/mol. The average Bonchev–Trinajstić information content (AvgIpc) is 2.11. The van der Waals surface area contributed by atoms with Crippen LogP contribution in [0, 0.1) is 10.1 Å². The molecule has 0 atom stereocenters. The van der Waals surface area contributed by atoms with Gasteiger partial charge < -0.3 is 0 Å². The zero-order chi connectivity index (χ0) is 11.1. The molecule has 78 valence electrons. The third-order valence-corrected chi connectivity index (χ3v) is 2.00. The first-order valence-corrected chi connectivity index (χ1v) is 4.74. The van der Waals surface area contributed by atoms with Crippen LogP contribution in [0.4, 0.5) is 0 Å². The van der Waals surface area contributed by atoms with E-state index in [1.165, 1.54) is 0 Å². The van der Waals surface area contributed by atoms with Gasteiger partial charge in [-0.15, -0.1) is 0 Å². The molecule has 0 saturated heterocycles. The van der Waals surface area contributed by atoms with Crippen molar-refractivity contribution in [1.29, 1.82) is 0 Å². The van der Waals surface area contributed by atoms with Gasteiger partial charge in [-0.25, -0.2) is 0 Å². The summed E-state index contributed by atoms with van der Waals surface area (Å²) in [4.78, 5) is 9.17. The summed E-state index contributed by atoms with van der Waals surface area (Å²) in [6.07, 6.45) is 0. The molecule has 0 radical (unpaired) electrons. The van der Waals surface area contributed by atoms with E-state index in [1.807, 2.05) is 12.1 Å². The summed E-state index contributed by atoms with van der Waals surface area (Å²) in [6.45, 7) is 3.08. The highest BCUT2D eigenvalue weighted by Crippen LogP contribution is 2.19. The highest BCUT2D eigenvalue weighted by Gasteiger charge is 1.99. The first-order valence-electron chi connectivity index (χ1n) is 3.98. The van der Waals surface area contributed by atoms with Gasteiger partial charge in [-0.1, -0.05) is 35.3 Å². The van der Waals surface area contributed by atoms with Gasteiger partial charge in [0.05, 0.1) is 10.0 Å². The van der Waals surface area contributed by atoms with E-state index < -0.39 is 6.04 Å². The summed E-state index contributed by atoms with van der Waals surface area (Å²) in [5.74, 6) is 0. The maximum atomic E-state index is 9.50. The lowest BCUT2D eigenvalue weighted by Gasteiger charge is -1.88. The Morgan fingerprint density at radius 3 is 1.64 bits per heavy atom. The van der Waals surface area contributed by atoms with Crippen molar-refractivity contribution in [3.8, 4) is 0 Å². The third kappa shape index (κ3) is 5.78. The van der Waals surface area contributed by atoms with Gasteiger partial charge in [0, 0.05) is 18.8 Å². The second-order valence-corrected chi connectivity index (χ2v) is 3.61. The van der Waals surface area contributed by atoms with Crippen LogP contribution in [-0.4, -0.2) is 11.0 Å². The Bertz CT molecular complexity index is 282. The maximum absolute atomic E-state index is 9.50. The van der Waals surface area contributed by atoms with E-state index in [-0.39, 0.29) is 4.92 Å². The largest absolute Gasteiger partial charge is 0.264 e. The zero-order valence-electron chi connectivity index (χ0n) is 7.91. The molecule has 0 fully saturated rings. The molecule has 0 bridgehead atoms. The molecule has 1 rings (SSSR count).